The smallest absolute Gasteiger partial charge is 0.190 e. The van der Waals surface area contributed by atoms with E-state index in [1.165, 1.54) is 38.1 Å². The van der Waals surface area contributed by atoms with Crippen LogP contribution >= 0.6 is 0 Å². The summed E-state index contributed by atoms with van der Waals surface area (Å²) in [6.45, 7) is 2.67. The highest BCUT2D eigenvalue weighted by Gasteiger charge is 2.35. The summed E-state index contributed by atoms with van der Waals surface area (Å²) in [5.74, 6) is -0.0159. The van der Waals surface area contributed by atoms with Gasteiger partial charge in [-0.15, -0.1) is 0 Å². The van der Waals surface area contributed by atoms with E-state index in [2.05, 4.69) is 0 Å². The lowest BCUT2D eigenvalue weighted by Crippen LogP contribution is -2.33. The van der Waals surface area contributed by atoms with Gasteiger partial charge in [0.05, 0.1) is 4.90 Å². The molecular formula is C10H12O4S. The van der Waals surface area contributed by atoms with Crippen molar-refractivity contribution in [2.75, 3.05) is 0 Å². The van der Waals surface area contributed by atoms with E-state index in [-0.39, 0.29) is 10.6 Å². The number of carbonyl (C=O) groups is 1. The molecule has 4 nitrogen and oxygen atoms in total. The molecule has 0 fully saturated rings. The Balaban J connectivity index is 3.30. The van der Waals surface area contributed by atoms with E-state index in [0.29, 0.717) is 6.29 Å². The van der Waals surface area contributed by atoms with Crippen LogP contribution in [0.5, 0.6) is 5.75 Å². The van der Waals surface area contributed by atoms with Gasteiger partial charge in [-0.1, -0.05) is 0 Å². The predicted molar refractivity (Wildman–Crippen MR) is 55.4 cm³/mol. The lowest BCUT2D eigenvalue weighted by Gasteiger charge is -2.17. The van der Waals surface area contributed by atoms with Gasteiger partial charge in [0.25, 0.3) is 0 Å². The van der Waals surface area contributed by atoms with E-state index in [1.807, 2.05) is 0 Å². The number of carbonyl (C=O) groups excluding carboxylic acids is 1. The summed E-state index contributed by atoms with van der Waals surface area (Å²) in [6, 6.07) is 5.09. The lowest BCUT2D eigenvalue weighted by atomic mass is 10.2. The zero-order valence-corrected chi connectivity index (χ0v) is 9.28. The molecule has 1 rings (SSSR count). The Bertz CT molecular complexity index is 457. The number of phenols is 1. The van der Waals surface area contributed by atoms with Gasteiger partial charge in [-0.3, -0.25) is 0 Å². The van der Waals surface area contributed by atoms with Crippen LogP contribution in [0.15, 0.2) is 29.2 Å². The molecule has 0 aliphatic heterocycles. The van der Waals surface area contributed by atoms with Crippen LogP contribution in [0.4, 0.5) is 0 Å². The lowest BCUT2D eigenvalue weighted by molar-refractivity contribution is -0.109. The summed E-state index contributed by atoms with van der Waals surface area (Å²) in [7, 11) is -3.68. The van der Waals surface area contributed by atoms with Crippen LogP contribution in [0.2, 0.25) is 0 Å². The van der Waals surface area contributed by atoms with Crippen molar-refractivity contribution in [2.24, 2.45) is 0 Å². The largest absolute Gasteiger partial charge is 0.508 e. The third kappa shape index (κ3) is 2.02. The molecule has 0 saturated carbocycles. The average molecular weight is 228 g/mol. The molecule has 0 heterocycles. The highest BCUT2D eigenvalue weighted by molar-refractivity contribution is 7.93. The third-order valence-corrected chi connectivity index (χ3v) is 4.50. The van der Waals surface area contributed by atoms with Gasteiger partial charge >= 0.3 is 0 Å². The van der Waals surface area contributed by atoms with E-state index in [9.17, 15) is 13.2 Å². The van der Waals surface area contributed by atoms with Crippen LogP contribution in [0.3, 0.4) is 0 Å². The molecule has 0 atom stereocenters. The Morgan fingerprint density at radius 3 is 2.07 bits per heavy atom. The first-order chi connectivity index (χ1) is 6.81. The maximum atomic E-state index is 11.9. The minimum atomic E-state index is -3.68. The van der Waals surface area contributed by atoms with Crippen molar-refractivity contribution in [1.29, 1.82) is 0 Å². The molecule has 0 bridgehead atoms. The fourth-order valence-electron chi connectivity index (χ4n) is 0.992. The Morgan fingerprint density at radius 1 is 1.20 bits per heavy atom. The summed E-state index contributed by atoms with van der Waals surface area (Å²) >= 11 is 0. The minimum absolute atomic E-state index is 0.0159. The highest BCUT2D eigenvalue weighted by Crippen LogP contribution is 2.24. The number of hydrogen-bond donors (Lipinski definition) is 1. The molecule has 0 aromatic heterocycles. The van der Waals surface area contributed by atoms with Gasteiger partial charge in [0.15, 0.2) is 9.84 Å². The summed E-state index contributed by atoms with van der Waals surface area (Å²) in [6.07, 6.45) is 0.398. The van der Waals surface area contributed by atoms with Crippen LogP contribution in [0, 0.1) is 0 Å². The zero-order chi connectivity index (χ0) is 11.7. The number of phenolic OH excluding ortho intramolecular Hbond substituents is 1. The normalized spacial score (nSPS) is 12.4. The molecule has 1 N–H and O–H groups in total. The zero-order valence-electron chi connectivity index (χ0n) is 8.47. The molecule has 0 radical (unpaired) electrons. The Hall–Kier alpha value is -1.36. The van der Waals surface area contributed by atoms with Crippen molar-refractivity contribution < 1.29 is 18.3 Å². The predicted octanol–water partition coefficient (Wildman–Crippen LogP) is 1.14. The van der Waals surface area contributed by atoms with E-state index in [1.54, 1.807) is 0 Å². The fourth-order valence-corrected chi connectivity index (χ4v) is 2.22. The first-order valence-electron chi connectivity index (χ1n) is 4.31. The molecule has 1 aromatic rings. The topological polar surface area (TPSA) is 71.4 Å². The number of hydrogen-bond acceptors (Lipinski definition) is 4. The van der Waals surface area contributed by atoms with Gasteiger partial charge in [-0.05, 0) is 38.1 Å². The van der Waals surface area contributed by atoms with E-state index >= 15 is 0 Å². The molecule has 0 aliphatic carbocycles. The molecule has 0 unspecified atom stereocenters. The number of aromatic hydroxyl groups is 1. The van der Waals surface area contributed by atoms with Gasteiger partial charge in [0, 0.05) is 0 Å². The van der Waals surface area contributed by atoms with Crippen LogP contribution in [0.25, 0.3) is 0 Å². The summed E-state index contributed by atoms with van der Waals surface area (Å²) < 4.78 is 22.3. The Labute approximate surface area is 88.5 Å². The van der Waals surface area contributed by atoms with Crippen molar-refractivity contribution in [1.82, 2.24) is 0 Å². The monoisotopic (exact) mass is 228 g/mol. The van der Waals surface area contributed by atoms with Crippen molar-refractivity contribution >= 4 is 16.1 Å². The van der Waals surface area contributed by atoms with Crippen LogP contribution in [-0.2, 0) is 14.6 Å². The summed E-state index contributed by atoms with van der Waals surface area (Å²) in [5, 5.41) is 9.02. The first kappa shape index (κ1) is 11.7. The maximum absolute atomic E-state index is 11.9. The Morgan fingerprint density at radius 2 is 1.67 bits per heavy atom. The SMILES string of the molecule is CC(C)(C=O)S(=O)(=O)c1ccc(O)cc1. The third-order valence-electron chi connectivity index (χ3n) is 2.12. The van der Waals surface area contributed by atoms with Crippen LogP contribution in [-0.4, -0.2) is 24.6 Å². The van der Waals surface area contributed by atoms with Gasteiger partial charge in [-0.2, -0.15) is 0 Å². The number of rotatable bonds is 3. The second kappa shape index (κ2) is 3.66. The van der Waals surface area contributed by atoms with Gasteiger partial charge < -0.3 is 9.90 Å². The first-order valence-corrected chi connectivity index (χ1v) is 5.79. The van der Waals surface area contributed by atoms with Crippen LogP contribution < -0.4 is 0 Å². The molecule has 0 aliphatic rings. The molecular weight excluding hydrogens is 216 g/mol. The molecule has 82 valence electrons. The maximum Gasteiger partial charge on any atom is 0.190 e. The molecule has 15 heavy (non-hydrogen) atoms. The number of aldehydes is 1. The molecule has 1 aromatic carbocycles. The number of benzene rings is 1. The van der Waals surface area contributed by atoms with Crippen molar-refractivity contribution in [3.63, 3.8) is 0 Å². The van der Waals surface area contributed by atoms with Gasteiger partial charge in [0.1, 0.15) is 16.8 Å². The average Bonchev–Trinajstić information content (AvgIpc) is 2.18. The molecule has 0 saturated heterocycles. The summed E-state index contributed by atoms with van der Waals surface area (Å²) in [4.78, 5) is 10.7. The van der Waals surface area contributed by atoms with Crippen molar-refractivity contribution in [2.45, 2.75) is 23.5 Å². The Kier molecular flexibility index (Phi) is 2.86. The standard InChI is InChI=1S/C10H12O4S/c1-10(2,7-11)15(13,14)9-5-3-8(12)4-6-9/h3-7,12H,1-2H3. The number of sulfone groups is 1. The molecule has 0 spiro atoms. The quantitative estimate of drug-likeness (QED) is 0.787. The van der Waals surface area contributed by atoms with Gasteiger partial charge in [0.2, 0.25) is 0 Å². The van der Waals surface area contributed by atoms with Crippen molar-refractivity contribution in [3.05, 3.63) is 24.3 Å². The molecule has 0 amide bonds. The highest BCUT2D eigenvalue weighted by atomic mass is 32.2. The second-order valence-electron chi connectivity index (χ2n) is 3.72. The fraction of sp³-hybridized carbons (Fsp3) is 0.300. The van der Waals surface area contributed by atoms with E-state index < -0.39 is 14.6 Å². The van der Waals surface area contributed by atoms with Gasteiger partial charge in [-0.25, -0.2) is 8.42 Å². The minimum Gasteiger partial charge on any atom is -0.508 e. The van der Waals surface area contributed by atoms with Crippen molar-refractivity contribution in [3.8, 4) is 5.75 Å². The van der Waals surface area contributed by atoms with E-state index in [0.717, 1.165) is 0 Å². The molecule has 5 heteroatoms. The summed E-state index contributed by atoms with van der Waals surface area (Å²) in [5.41, 5.74) is 0. The van der Waals surface area contributed by atoms with E-state index in [4.69, 9.17) is 5.11 Å². The second-order valence-corrected chi connectivity index (χ2v) is 6.25. The van der Waals surface area contributed by atoms with Crippen LogP contribution in [0.1, 0.15) is 13.8 Å².